The van der Waals surface area contributed by atoms with Crippen molar-refractivity contribution in [2.24, 2.45) is 11.8 Å². The Balaban J connectivity index is 2.54. The first-order valence-corrected chi connectivity index (χ1v) is 7.57. The number of anilines is 1. The summed E-state index contributed by atoms with van der Waals surface area (Å²) < 4.78 is 0. The third-order valence-corrected chi connectivity index (χ3v) is 3.83. The van der Waals surface area contributed by atoms with Crippen molar-refractivity contribution in [3.05, 3.63) is 29.8 Å². The van der Waals surface area contributed by atoms with Gasteiger partial charge in [-0.2, -0.15) is 0 Å². The molecular formula is C17H25NO3. The molecule has 4 heteroatoms. The van der Waals surface area contributed by atoms with E-state index in [9.17, 15) is 9.59 Å². The molecule has 4 nitrogen and oxygen atoms in total. The smallest absolute Gasteiger partial charge is 0.306 e. The maximum Gasteiger partial charge on any atom is 0.306 e. The number of rotatable bonds is 8. The molecule has 0 fully saturated rings. The lowest BCUT2D eigenvalue weighted by molar-refractivity contribution is -0.141. The van der Waals surface area contributed by atoms with Crippen LogP contribution >= 0.6 is 0 Å². The van der Waals surface area contributed by atoms with Crippen molar-refractivity contribution >= 4 is 17.6 Å². The minimum atomic E-state index is -0.794. The van der Waals surface area contributed by atoms with E-state index in [2.05, 4.69) is 19.2 Å². The van der Waals surface area contributed by atoms with Crippen LogP contribution in [0.4, 0.5) is 5.69 Å². The Morgan fingerprint density at radius 1 is 1.14 bits per heavy atom. The van der Waals surface area contributed by atoms with E-state index in [1.54, 1.807) is 6.92 Å². The van der Waals surface area contributed by atoms with Gasteiger partial charge in [0, 0.05) is 12.1 Å². The van der Waals surface area contributed by atoms with Gasteiger partial charge in [0.1, 0.15) is 0 Å². The molecule has 0 aliphatic heterocycles. The second kappa shape index (κ2) is 8.45. The van der Waals surface area contributed by atoms with Gasteiger partial charge in [-0.3, -0.25) is 9.59 Å². The van der Waals surface area contributed by atoms with Gasteiger partial charge in [-0.05, 0) is 30.0 Å². The Morgan fingerprint density at radius 2 is 1.71 bits per heavy atom. The minimum Gasteiger partial charge on any atom is -0.481 e. The Kier molecular flexibility index (Phi) is 6.92. The van der Waals surface area contributed by atoms with Crippen LogP contribution in [-0.4, -0.2) is 17.0 Å². The van der Waals surface area contributed by atoms with Crippen LogP contribution in [0.15, 0.2) is 24.3 Å². The van der Waals surface area contributed by atoms with Gasteiger partial charge in [-0.25, -0.2) is 0 Å². The molecule has 1 unspecified atom stereocenters. The van der Waals surface area contributed by atoms with Gasteiger partial charge in [-0.15, -0.1) is 0 Å². The second-order valence-electron chi connectivity index (χ2n) is 5.58. The maximum absolute atomic E-state index is 11.9. The van der Waals surface area contributed by atoms with Crippen LogP contribution in [0.25, 0.3) is 0 Å². The monoisotopic (exact) mass is 291 g/mol. The molecule has 1 aromatic rings. The molecule has 0 bridgehead atoms. The molecular weight excluding hydrogens is 266 g/mol. The Morgan fingerprint density at radius 3 is 2.19 bits per heavy atom. The average Bonchev–Trinajstić information content (AvgIpc) is 2.46. The van der Waals surface area contributed by atoms with Crippen LogP contribution in [-0.2, 0) is 16.0 Å². The molecule has 0 radical (unpaired) electrons. The molecule has 21 heavy (non-hydrogen) atoms. The molecule has 1 aromatic carbocycles. The minimum absolute atomic E-state index is 0.0374. The third kappa shape index (κ3) is 5.98. The first-order valence-electron chi connectivity index (χ1n) is 7.57. The summed E-state index contributed by atoms with van der Waals surface area (Å²) in [5.41, 5.74) is 1.72. The number of carboxylic acids is 1. The summed E-state index contributed by atoms with van der Waals surface area (Å²) in [4.78, 5) is 22.7. The Labute approximate surface area is 126 Å². The van der Waals surface area contributed by atoms with Gasteiger partial charge >= 0.3 is 5.97 Å². The first kappa shape index (κ1) is 17.2. The van der Waals surface area contributed by atoms with E-state index in [1.807, 2.05) is 24.3 Å². The van der Waals surface area contributed by atoms with Crippen LogP contribution in [0.5, 0.6) is 0 Å². The van der Waals surface area contributed by atoms with E-state index in [1.165, 1.54) is 0 Å². The van der Waals surface area contributed by atoms with E-state index in [0.717, 1.165) is 24.1 Å². The SMILES string of the molecule is CCC(CC)CC(=O)Nc1ccc(CC(C)C(=O)O)cc1. The normalized spacial score (nSPS) is 12.2. The fourth-order valence-corrected chi connectivity index (χ4v) is 2.22. The summed E-state index contributed by atoms with van der Waals surface area (Å²) in [6, 6.07) is 7.39. The molecule has 2 N–H and O–H groups in total. The number of amides is 1. The standard InChI is InChI=1S/C17H25NO3/c1-4-13(5-2)11-16(19)18-15-8-6-14(7-9-15)10-12(3)17(20)21/h6-9,12-13H,4-5,10-11H2,1-3H3,(H,18,19)(H,20,21). The lowest BCUT2D eigenvalue weighted by Gasteiger charge is -2.12. The van der Waals surface area contributed by atoms with Crippen LogP contribution in [0.1, 0.15) is 45.6 Å². The molecule has 0 heterocycles. The highest BCUT2D eigenvalue weighted by Crippen LogP contribution is 2.16. The summed E-state index contributed by atoms with van der Waals surface area (Å²) in [5, 5.41) is 11.8. The summed E-state index contributed by atoms with van der Waals surface area (Å²) in [6.45, 7) is 5.88. The van der Waals surface area contributed by atoms with Crippen LogP contribution in [0.3, 0.4) is 0 Å². The van der Waals surface area contributed by atoms with E-state index in [-0.39, 0.29) is 5.91 Å². The van der Waals surface area contributed by atoms with Crippen molar-refractivity contribution in [1.82, 2.24) is 0 Å². The number of carboxylic acid groups (broad SMARTS) is 1. The molecule has 1 amide bonds. The molecule has 1 rings (SSSR count). The van der Waals surface area contributed by atoms with Crippen molar-refractivity contribution < 1.29 is 14.7 Å². The first-order chi connectivity index (χ1) is 9.96. The van der Waals surface area contributed by atoms with Gasteiger partial charge in [0.2, 0.25) is 5.91 Å². The molecule has 1 atom stereocenters. The lowest BCUT2D eigenvalue weighted by Crippen LogP contribution is -2.16. The van der Waals surface area contributed by atoms with Crippen molar-refractivity contribution in [2.75, 3.05) is 5.32 Å². The van der Waals surface area contributed by atoms with E-state index in [0.29, 0.717) is 18.8 Å². The van der Waals surface area contributed by atoms with Gasteiger partial charge in [-0.1, -0.05) is 45.7 Å². The van der Waals surface area contributed by atoms with Crippen LogP contribution in [0, 0.1) is 11.8 Å². The van der Waals surface area contributed by atoms with Crippen molar-refractivity contribution in [3.8, 4) is 0 Å². The number of carbonyl (C=O) groups is 2. The zero-order valence-electron chi connectivity index (χ0n) is 13.1. The molecule has 0 saturated carbocycles. The highest BCUT2D eigenvalue weighted by atomic mass is 16.4. The third-order valence-electron chi connectivity index (χ3n) is 3.83. The average molecular weight is 291 g/mol. The zero-order chi connectivity index (χ0) is 15.8. The number of hydrogen-bond acceptors (Lipinski definition) is 2. The van der Waals surface area contributed by atoms with Gasteiger partial charge in [0.25, 0.3) is 0 Å². The van der Waals surface area contributed by atoms with E-state index >= 15 is 0 Å². The Hall–Kier alpha value is -1.84. The summed E-state index contributed by atoms with van der Waals surface area (Å²) in [6.07, 6.45) is 3.06. The molecule has 0 aliphatic rings. The van der Waals surface area contributed by atoms with Gasteiger partial charge in [0.15, 0.2) is 0 Å². The highest BCUT2D eigenvalue weighted by molar-refractivity contribution is 5.90. The predicted octanol–water partition coefficient (Wildman–Crippen LogP) is 3.71. The number of nitrogens with one attached hydrogen (secondary N) is 1. The van der Waals surface area contributed by atoms with Crippen molar-refractivity contribution in [1.29, 1.82) is 0 Å². The molecule has 0 saturated heterocycles. The molecule has 0 aliphatic carbocycles. The van der Waals surface area contributed by atoms with Crippen LogP contribution < -0.4 is 5.32 Å². The lowest BCUT2D eigenvalue weighted by atomic mass is 9.99. The largest absolute Gasteiger partial charge is 0.481 e. The number of hydrogen-bond donors (Lipinski definition) is 2. The maximum atomic E-state index is 11.9. The zero-order valence-corrected chi connectivity index (χ0v) is 13.1. The topological polar surface area (TPSA) is 66.4 Å². The van der Waals surface area contributed by atoms with Crippen molar-refractivity contribution in [2.45, 2.75) is 46.5 Å². The van der Waals surface area contributed by atoms with Crippen LogP contribution in [0.2, 0.25) is 0 Å². The molecule has 0 aromatic heterocycles. The predicted molar refractivity (Wildman–Crippen MR) is 84.3 cm³/mol. The molecule has 116 valence electrons. The number of benzene rings is 1. The van der Waals surface area contributed by atoms with E-state index in [4.69, 9.17) is 5.11 Å². The molecule has 0 spiro atoms. The van der Waals surface area contributed by atoms with E-state index < -0.39 is 11.9 Å². The van der Waals surface area contributed by atoms with Gasteiger partial charge < -0.3 is 10.4 Å². The Bertz CT molecular complexity index is 463. The fourth-order valence-electron chi connectivity index (χ4n) is 2.22. The number of carbonyl (C=O) groups excluding carboxylic acids is 1. The highest BCUT2D eigenvalue weighted by Gasteiger charge is 2.12. The fraction of sp³-hybridized carbons (Fsp3) is 0.529. The quantitative estimate of drug-likeness (QED) is 0.767. The van der Waals surface area contributed by atoms with Crippen molar-refractivity contribution in [3.63, 3.8) is 0 Å². The van der Waals surface area contributed by atoms with Gasteiger partial charge in [0.05, 0.1) is 5.92 Å². The number of aliphatic carboxylic acids is 1. The summed E-state index contributed by atoms with van der Waals surface area (Å²) >= 11 is 0. The summed E-state index contributed by atoms with van der Waals surface area (Å²) in [5.74, 6) is -0.728. The summed E-state index contributed by atoms with van der Waals surface area (Å²) in [7, 11) is 0. The second-order valence-corrected chi connectivity index (χ2v) is 5.58.